The molecule has 0 heterocycles. The van der Waals surface area contributed by atoms with E-state index in [2.05, 4.69) is 0 Å². The number of nitrogens with two attached hydrogens (primary N) is 1. The Labute approximate surface area is 91.2 Å². The van der Waals surface area contributed by atoms with Crippen LogP contribution in [0.5, 0.6) is 0 Å². The number of rotatable bonds is 1. The first-order chi connectivity index (χ1) is 7.25. The normalized spacial score (nSPS) is 11.3. The van der Waals surface area contributed by atoms with Gasteiger partial charge in [0.15, 0.2) is 5.96 Å². The zero-order valence-electron chi connectivity index (χ0n) is 8.89. The van der Waals surface area contributed by atoms with Crippen LogP contribution in [-0.4, -0.2) is 13.0 Å². The van der Waals surface area contributed by atoms with Gasteiger partial charge >= 0.3 is 6.18 Å². The topological polar surface area (TPSA) is 53.1 Å². The van der Waals surface area contributed by atoms with Crippen molar-refractivity contribution in [2.45, 2.75) is 13.1 Å². The van der Waals surface area contributed by atoms with Gasteiger partial charge in [-0.1, -0.05) is 12.1 Å². The number of anilines is 1. The molecule has 16 heavy (non-hydrogen) atoms. The fraction of sp³-hybridized carbons (Fsp3) is 0.300. The Morgan fingerprint density at radius 3 is 2.38 bits per heavy atom. The highest BCUT2D eigenvalue weighted by Gasteiger charge is 2.35. The van der Waals surface area contributed by atoms with Crippen molar-refractivity contribution in [2.24, 2.45) is 5.73 Å². The van der Waals surface area contributed by atoms with Crippen LogP contribution < -0.4 is 10.6 Å². The van der Waals surface area contributed by atoms with Crippen molar-refractivity contribution < 1.29 is 13.2 Å². The quantitative estimate of drug-likeness (QED) is 0.575. The smallest absolute Gasteiger partial charge is 0.370 e. The first-order valence-electron chi connectivity index (χ1n) is 4.49. The lowest BCUT2D eigenvalue weighted by molar-refractivity contribution is -0.137. The second-order valence-corrected chi connectivity index (χ2v) is 3.41. The largest absolute Gasteiger partial charge is 0.418 e. The van der Waals surface area contributed by atoms with Crippen LogP contribution in [0.3, 0.4) is 0 Å². The Kier molecular flexibility index (Phi) is 3.11. The standard InChI is InChI=1S/C10H12F3N3/c1-6-4-3-5-7(10(11,12)13)8(6)16(2)9(14)15/h3-5H,1-2H3,(H3,14,15). The second kappa shape index (κ2) is 4.03. The number of hydrogen-bond donors (Lipinski definition) is 2. The lowest BCUT2D eigenvalue weighted by Crippen LogP contribution is -2.34. The molecule has 1 aromatic rings. The summed E-state index contributed by atoms with van der Waals surface area (Å²) in [6.07, 6.45) is -4.45. The van der Waals surface area contributed by atoms with E-state index >= 15 is 0 Å². The lowest BCUT2D eigenvalue weighted by atomic mass is 10.1. The highest BCUT2D eigenvalue weighted by molar-refractivity contribution is 5.93. The van der Waals surface area contributed by atoms with E-state index in [4.69, 9.17) is 11.1 Å². The predicted molar refractivity (Wildman–Crippen MR) is 56.5 cm³/mol. The molecular formula is C10H12F3N3. The molecule has 1 aromatic carbocycles. The van der Waals surface area contributed by atoms with Crippen LogP contribution in [0.4, 0.5) is 18.9 Å². The van der Waals surface area contributed by atoms with E-state index in [-0.39, 0.29) is 5.69 Å². The minimum Gasteiger partial charge on any atom is -0.370 e. The molecule has 0 atom stereocenters. The Morgan fingerprint density at radius 2 is 1.94 bits per heavy atom. The Morgan fingerprint density at radius 1 is 1.38 bits per heavy atom. The summed E-state index contributed by atoms with van der Waals surface area (Å²) in [6.45, 7) is 1.55. The van der Waals surface area contributed by atoms with Crippen LogP contribution >= 0.6 is 0 Å². The maximum Gasteiger partial charge on any atom is 0.418 e. The molecule has 0 bridgehead atoms. The van der Waals surface area contributed by atoms with Gasteiger partial charge in [0.05, 0.1) is 11.3 Å². The Bertz CT molecular complexity index is 412. The summed E-state index contributed by atoms with van der Waals surface area (Å²) in [4.78, 5) is 1.01. The van der Waals surface area contributed by atoms with Gasteiger partial charge in [-0.2, -0.15) is 13.2 Å². The van der Waals surface area contributed by atoms with Crippen LogP contribution in [0.15, 0.2) is 18.2 Å². The van der Waals surface area contributed by atoms with Gasteiger partial charge in [-0.25, -0.2) is 0 Å². The molecule has 0 spiro atoms. The van der Waals surface area contributed by atoms with Crippen molar-refractivity contribution in [2.75, 3.05) is 11.9 Å². The summed E-state index contributed by atoms with van der Waals surface area (Å²) in [5.74, 6) is -0.431. The average molecular weight is 231 g/mol. The maximum absolute atomic E-state index is 12.7. The maximum atomic E-state index is 12.7. The molecular weight excluding hydrogens is 219 g/mol. The fourth-order valence-electron chi connectivity index (χ4n) is 1.45. The van der Waals surface area contributed by atoms with Gasteiger partial charge in [-0.05, 0) is 18.6 Å². The van der Waals surface area contributed by atoms with E-state index in [1.54, 1.807) is 13.0 Å². The fourth-order valence-corrected chi connectivity index (χ4v) is 1.45. The van der Waals surface area contributed by atoms with Crippen molar-refractivity contribution in [3.05, 3.63) is 29.3 Å². The lowest BCUT2D eigenvalue weighted by Gasteiger charge is -2.23. The summed E-state index contributed by atoms with van der Waals surface area (Å²) in [5.41, 5.74) is 4.75. The number of halogens is 3. The molecule has 0 radical (unpaired) electrons. The summed E-state index contributed by atoms with van der Waals surface area (Å²) in [5, 5.41) is 7.17. The molecule has 0 aliphatic heterocycles. The van der Waals surface area contributed by atoms with Crippen LogP contribution in [0.1, 0.15) is 11.1 Å². The van der Waals surface area contributed by atoms with E-state index in [0.29, 0.717) is 5.56 Å². The Hall–Kier alpha value is -1.72. The van der Waals surface area contributed by atoms with Gasteiger partial charge in [0, 0.05) is 7.05 Å². The van der Waals surface area contributed by atoms with E-state index in [1.165, 1.54) is 13.1 Å². The number of para-hydroxylation sites is 1. The molecule has 0 saturated carbocycles. The van der Waals surface area contributed by atoms with Crippen molar-refractivity contribution in [1.82, 2.24) is 0 Å². The van der Waals surface area contributed by atoms with Gasteiger partial charge < -0.3 is 10.6 Å². The molecule has 0 aliphatic rings. The molecule has 3 N–H and O–H groups in total. The number of benzene rings is 1. The molecule has 88 valence electrons. The molecule has 0 fully saturated rings. The first-order valence-corrected chi connectivity index (χ1v) is 4.49. The Balaban J connectivity index is 3.41. The number of guanidine groups is 1. The molecule has 0 unspecified atom stereocenters. The number of nitrogens with one attached hydrogen (secondary N) is 1. The van der Waals surface area contributed by atoms with Gasteiger partial charge in [0.2, 0.25) is 0 Å². The van der Waals surface area contributed by atoms with Crippen LogP contribution in [0, 0.1) is 12.3 Å². The molecule has 0 aromatic heterocycles. The highest BCUT2D eigenvalue weighted by atomic mass is 19.4. The molecule has 0 amide bonds. The van der Waals surface area contributed by atoms with Crippen LogP contribution in [0.2, 0.25) is 0 Å². The monoisotopic (exact) mass is 231 g/mol. The van der Waals surface area contributed by atoms with Gasteiger partial charge in [-0.3, -0.25) is 5.41 Å². The summed E-state index contributed by atoms with van der Waals surface area (Å²) in [6, 6.07) is 3.85. The van der Waals surface area contributed by atoms with Crippen molar-refractivity contribution in [1.29, 1.82) is 5.41 Å². The zero-order valence-corrected chi connectivity index (χ0v) is 8.89. The highest BCUT2D eigenvalue weighted by Crippen LogP contribution is 2.37. The average Bonchev–Trinajstić information content (AvgIpc) is 2.14. The molecule has 0 aliphatic carbocycles. The SMILES string of the molecule is Cc1cccc(C(F)(F)F)c1N(C)C(=N)N. The van der Waals surface area contributed by atoms with Crippen LogP contribution in [0.25, 0.3) is 0 Å². The van der Waals surface area contributed by atoms with Crippen molar-refractivity contribution in [3.63, 3.8) is 0 Å². The third-order valence-corrected chi connectivity index (χ3v) is 2.24. The third kappa shape index (κ3) is 2.26. The molecule has 3 nitrogen and oxygen atoms in total. The van der Waals surface area contributed by atoms with Crippen LogP contribution in [-0.2, 0) is 6.18 Å². The van der Waals surface area contributed by atoms with E-state index in [0.717, 1.165) is 11.0 Å². The molecule has 1 rings (SSSR count). The number of aryl methyl sites for hydroxylation is 1. The summed E-state index contributed by atoms with van der Waals surface area (Å²) < 4.78 is 38.1. The summed E-state index contributed by atoms with van der Waals surface area (Å²) >= 11 is 0. The number of nitrogens with zero attached hydrogens (tertiary/aromatic N) is 1. The summed E-state index contributed by atoms with van der Waals surface area (Å²) in [7, 11) is 1.33. The van der Waals surface area contributed by atoms with E-state index < -0.39 is 17.7 Å². The minimum absolute atomic E-state index is 0.0810. The van der Waals surface area contributed by atoms with Gasteiger partial charge in [0.25, 0.3) is 0 Å². The number of alkyl halides is 3. The van der Waals surface area contributed by atoms with Crippen molar-refractivity contribution in [3.8, 4) is 0 Å². The number of hydrogen-bond acceptors (Lipinski definition) is 1. The zero-order chi connectivity index (χ0) is 12.5. The van der Waals surface area contributed by atoms with E-state index in [1.807, 2.05) is 0 Å². The van der Waals surface area contributed by atoms with Gasteiger partial charge in [-0.15, -0.1) is 0 Å². The predicted octanol–water partition coefficient (Wildman–Crippen LogP) is 2.34. The molecule has 6 heteroatoms. The van der Waals surface area contributed by atoms with Crippen molar-refractivity contribution >= 4 is 11.6 Å². The molecule has 0 saturated heterocycles. The third-order valence-electron chi connectivity index (χ3n) is 2.24. The minimum atomic E-state index is -4.45. The van der Waals surface area contributed by atoms with E-state index in [9.17, 15) is 13.2 Å². The second-order valence-electron chi connectivity index (χ2n) is 3.41. The van der Waals surface area contributed by atoms with Gasteiger partial charge in [0.1, 0.15) is 0 Å². The first kappa shape index (κ1) is 12.4.